The van der Waals surface area contributed by atoms with Crippen molar-refractivity contribution in [2.24, 2.45) is 0 Å². The first-order valence-electron chi connectivity index (χ1n) is 16.6. The quantitative estimate of drug-likeness (QED) is 0.206. The van der Waals surface area contributed by atoms with Crippen molar-refractivity contribution in [2.75, 3.05) is 0 Å². The van der Waals surface area contributed by atoms with Gasteiger partial charge in [-0.15, -0.1) is 0 Å². The number of hydrogen-bond acceptors (Lipinski definition) is 3. The van der Waals surface area contributed by atoms with Gasteiger partial charge in [-0.2, -0.15) is 0 Å². The SMILES string of the molecule is CC1(C)c2ccccc2-c2c(-c3cccc4c3nc(-c3ccccc3O)n4-c3ccccc3)cc(-c3cc(-c4ccccc4)ccn3)cc21. The summed E-state index contributed by atoms with van der Waals surface area (Å²) in [6.45, 7) is 4.64. The van der Waals surface area contributed by atoms with E-state index in [-0.39, 0.29) is 11.2 Å². The van der Waals surface area contributed by atoms with E-state index in [4.69, 9.17) is 9.97 Å². The van der Waals surface area contributed by atoms with Crippen molar-refractivity contribution in [3.05, 3.63) is 169 Å². The minimum absolute atomic E-state index is 0.194. The van der Waals surface area contributed by atoms with Crippen LogP contribution in [0.4, 0.5) is 0 Å². The number of aromatic hydroxyl groups is 1. The molecule has 9 rings (SSSR count). The second-order valence-corrected chi connectivity index (χ2v) is 13.2. The molecular weight excluding hydrogens is 599 g/mol. The van der Waals surface area contributed by atoms with Crippen LogP contribution in [0.2, 0.25) is 0 Å². The Morgan fingerprint density at radius 3 is 2.04 bits per heavy atom. The molecule has 49 heavy (non-hydrogen) atoms. The van der Waals surface area contributed by atoms with Crippen LogP contribution in [0.1, 0.15) is 25.0 Å². The highest BCUT2D eigenvalue weighted by Crippen LogP contribution is 2.54. The third-order valence-electron chi connectivity index (χ3n) is 9.98. The molecule has 1 aliphatic carbocycles. The molecule has 0 bridgehead atoms. The summed E-state index contributed by atoms with van der Waals surface area (Å²) in [6.07, 6.45) is 1.91. The first-order valence-corrected chi connectivity index (χ1v) is 16.6. The molecular formula is C45H33N3O. The Kier molecular flexibility index (Phi) is 6.60. The van der Waals surface area contributed by atoms with Gasteiger partial charge in [-0.1, -0.05) is 111 Å². The van der Waals surface area contributed by atoms with E-state index in [2.05, 4.69) is 122 Å². The molecule has 0 spiro atoms. The smallest absolute Gasteiger partial charge is 0.149 e. The van der Waals surface area contributed by atoms with Gasteiger partial charge in [0.05, 0.1) is 22.3 Å². The Labute approximate surface area is 285 Å². The van der Waals surface area contributed by atoms with E-state index >= 15 is 0 Å². The van der Waals surface area contributed by atoms with Gasteiger partial charge in [0.25, 0.3) is 0 Å². The van der Waals surface area contributed by atoms with Crippen LogP contribution in [-0.2, 0) is 5.41 Å². The van der Waals surface area contributed by atoms with Gasteiger partial charge in [0.15, 0.2) is 0 Å². The summed E-state index contributed by atoms with van der Waals surface area (Å²) >= 11 is 0. The summed E-state index contributed by atoms with van der Waals surface area (Å²) in [6, 6.07) is 52.2. The number of para-hydroxylation sites is 3. The number of benzene rings is 6. The molecule has 1 N–H and O–H groups in total. The van der Waals surface area contributed by atoms with E-state index in [9.17, 15) is 5.11 Å². The number of phenols is 1. The van der Waals surface area contributed by atoms with Crippen molar-refractivity contribution in [2.45, 2.75) is 19.3 Å². The fourth-order valence-electron chi connectivity index (χ4n) is 7.57. The zero-order valence-electron chi connectivity index (χ0n) is 27.3. The van der Waals surface area contributed by atoms with Crippen LogP contribution in [0.5, 0.6) is 5.75 Å². The Morgan fingerprint density at radius 2 is 1.24 bits per heavy atom. The third kappa shape index (κ3) is 4.60. The molecule has 4 heteroatoms. The molecule has 0 fully saturated rings. The molecule has 0 radical (unpaired) electrons. The molecule has 4 nitrogen and oxygen atoms in total. The van der Waals surface area contributed by atoms with E-state index in [1.165, 1.54) is 22.3 Å². The molecule has 6 aromatic carbocycles. The van der Waals surface area contributed by atoms with E-state index in [0.717, 1.165) is 50.2 Å². The van der Waals surface area contributed by atoms with Gasteiger partial charge in [-0.05, 0) is 93.5 Å². The summed E-state index contributed by atoms with van der Waals surface area (Å²) in [4.78, 5) is 10.3. The Balaban J connectivity index is 1.35. The number of phenolic OH excluding ortho intramolecular Hbond substituents is 1. The zero-order chi connectivity index (χ0) is 33.1. The average Bonchev–Trinajstić information content (AvgIpc) is 3.65. The lowest BCUT2D eigenvalue weighted by atomic mass is 9.80. The Bertz CT molecular complexity index is 2530. The van der Waals surface area contributed by atoms with Crippen LogP contribution in [-0.4, -0.2) is 19.6 Å². The van der Waals surface area contributed by atoms with E-state index < -0.39 is 0 Å². The molecule has 1 aliphatic rings. The van der Waals surface area contributed by atoms with Crippen molar-refractivity contribution in [1.82, 2.24) is 14.5 Å². The van der Waals surface area contributed by atoms with Crippen molar-refractivity contribution in [1.29, 1.82) is 0 Å². The summed E-state index contributed by atoms with van der Waals surface area (Å²) in [5.41, 5.74) is 14.8. The van der Waals surface area contributed by atoms with Gasteiger partial charge < -0.3 is 5.11 Å². The van der Waals surface area contributed by atoms with Crippen LogP contribution >= 0.6 is 0 Å². The molecule has 2 aromatic heterocycles. The first kappa shape index (κ1) is 28.9. The molecule has 234 valence electrons. The lowest BCUT2D eigenvalue weighted by molar-refractivity contribution is 0.477. The Hall–Kier alpha value is -6.26. The van der Waals surface area contributed by atoms with Gasteiger partial charge in [0.1, 0.15) is 11.6 Å². The van der Waals surface area contributed by atoms with Crippen molar-refractivity contribution >= 4 is 11.0 Å². The van der Waals surface area contributed by atoms with Gasteiger partial charge >= 0.3 is 0 Å². The number of nitrogens with zero attached hydrogens (tertiary/aromatic N) is 3. The summed E-state index contributed by atoms with van der Waals surface area (Å²) in [5, 5.41) is 11.0. The fraction of sp³-hybridized carbons (Fsp3) is 0.0667. The minimum atomic E-state index is -0.216. The summed E-state index contributed by atoms with van der Waals surface area (Å²) < 4.78 is 2.15. The highest BCUT2D eigenvalue weighted by molar-refractivity contribution is 6.03. The molecule has 0 unspecified atom stereocenters. The first-order chi connectivity index (χ1) is 24.0. The average molecular weight is 632 g/mol. The standard InChI is InChI=1S/C45H33N3O/c1-45(2)37-21-11-9-18-34(37)42-36(26-31(27-38(42)45)39-28-30(24-25-46-39)29-14-5-3-6-15-29)33-20-13-22-40-43(33)47-44(35-19-10-12-23-41(35)49)48(40)32-16-7-4-8-17-32/h3-28,49H,1-2H3. The molecule has 8 aromatic rings. The number of fused-ring (bicyclic) bond motifs is 4. The lowest BCUT2D eigenvalue weighted by Crippen LogP contribution is -2.15. The molecule has 0 atom stereocenters. The van der Waals surface area contributed by atoms with Crippen molar-refractivity contribution in [3.8, 4) is 67.5 Å². The number of rotatable bonds is 5. The normalized spacial score (nSPS) is 12.9. The highest BCUT2D eigenvalue weighted by atomic mass is 16.3. The summed E-state index contributed by atoms with van der Waals surface area (Å²) in [5.74, 6) is 0.886. The van der Waals surface area contributed by atoms with E-state index in [1.807, 2.05) is 48.7 Å². The van der Waals surface area contributed by atoms with Crippen molar-refractivity contribution < 1.29 is 5.11 Å². The monoisotopic (exact) mass is 631 g/mol. The van der Waals surface area contributed by atoms with E-state index in [0.29, 0.717) is 11.4 Å². The largest absolute Gasteiger partial charge is 0.507 e. The van der Waals surface area contributed by atoms with Crippen LogP contribution in [0, 0.1) is 0 Å². The fourth-order valence-corrected chi connectivity index (χ4v) is 7.57. The van der Waals surface area contributed by atoms with E-state index in [1.54, 1.807) is 6.07 Å². The second kappa shape index (κ2) is 11.2. The molecule has 0 aliphatic heterocycles. The predicted molar refractivity (Wildman–Crippen MR) is 200 cm³/mol. The van der Waals surface area contributed by atoms with Crippen LogP contribution in [0.25, 0.3) is 72.7 Å². The number of hydrogen-bond donors (Lipinski definition) is 1. The maximum atomic E-state index is 11.0. The maximum Gasteiger partial charge on any atom is 0.149 e. The summed E-state index contributed by atoms with van der Waals surface area (Å²) in [7, 11) is 0. The predicted octanol–water partition coefficient (Wildman–Crippen LogP) is 11.1. The molecule has 0 amide bonds. The number of aromatic nitrogens is 3. The Morgan fingerprint density at radius 1 is 0.551 bits per heavy atom. The van der Waals surface area contributed by atoms with Crippen molar-refractivity contribution in [3.63, 3.8) is 0 Å². The van der Waals surface area contributed by atoms with Crippen LogP contribution in [0.15, 0.2) is 158 Å². The topological polar surface area (TPSA) is 50.9 Å². The maximum absolute atomic E-state index is 11.0. The minimum Gasteiger partial charge on any atom is -0.507 e. The molecule has 0 saturated carbocycles. The third-order valence-corrected chi connectivity index (χ3v) is 9.98. The number of pyridine rings is 1. The zero-order valence-corrected chi connectivity index (χ0v) is 27.3. The van der Waals surface area contributed by atoms with Crippen LogP contribution < -0.4 is 0 Å². The molecule has 2 heterocycles. The number of imidazole rings is 1. The molecule has 0 saturated heterocycles. The van der Waals surface area contributed by atoms with Gasteiger partial charge in [0, 0.05) is 28.4 Å². The lowest BCUT2D eigenvalue weighted by Gasteiger charge is -2.23. The highest BCUT2D eigenvalue weighted by Gasteiger charge is 2.38. The second-order valence-electron chi connectivity index (χ2n) is 13.2. The van der Waals surface area contributed by atoms with Gasteiger partial charge in [0.2, 0.25) is 0 Å². The van der Waals surface area contributed by atoms with Gasteiger partial charge in [-0.25, -0.2) is 4.98 Å². The van der Waals surface area contributed by atoms with Gasteiger partial charge in [-0.3, -0.25) is 9.55 Å². The van der Waals surface area contributed by atoms with Crippen LogP contribution in [0.3, 0.4) is 0 Å².